The summed E-state index contributed by atoms with van der Waals surface area (Å²) in [6.45, 7) is 6.33. The number of Topliss-reactive ketones (excluding diaryl/α,β-unsaturated/α-hetero) is 1. The van der Waals surface area contributed by atoms with Crippen molar-refractivity contribution < 1.29 is 4.79 Å². The Bertz CT molecular complexity index is 319. The average molecular weight is 223 g/mol. The van der Waals surface area contributed by atoms with Gasteiger partial charge in [0.1, 0.15) is 5.78 Å². The number of aromatic nitrogens is 2. The number of carbonyl (C=O) groups excluding carboxylic acids is 1. The Labute approximate surface area is 96.6 Å². The number of aromatic amines is 1. The number of rotatable bonds is 6. The standard InChI is InChI=1S/C12H21N3O/c1-8(2)9(3)4-12(16)11(13)5-10-6-14-7-15-10/h6-9,11H,4-5,13H2,1-3H3,(H,14,15)/t9?,11-/m0/s1. The van der Waals surface area contributed by atoms with Crippen LogP contribution in [0.25, 0.3) is 0 Å². The van der Waals surface area contributed by atoms with E-state index in [9.17, 15) is 4.79 Å². The van der Waals surface area contributed by atoms with E-state index >= 15 is 0 Å². The van der Waals surface area contributed by atoms with Gasteiger partial charge in [-0.3, -0.25) is 4.79 Å². The molecule has 0 spiro atoms. The molecule has 4 nitrogen and oxygen atoms in total. The van der Waals surface area contributed by atoms with E-state index in [1.807, 2.05) is 0 Å². The largest absolute Gasteiger partial charge is 0.351 e. The van der Waals surface area contributed by atoms with Crippen molar-refractivity contribution in [3.05, 3.63) is 18.2 Å². The maximum atomic E-state index is 11.8. The topological polar surface area (TPSA) is 71.8 Å². The van der Waals surface area contributed by atoms with Gasteiger partial charge >= 0.3 is 0 Å². The van der Waals surface area contributed by atoms with Crippen molar-refractivity contribution in [2.45, 2.75) is 39.7 Å². The predicted octanol–water partition coefficient (Wildman–Crippen LogP) is 1.53. The maximum Gasteiger partial charge on any atom is 0.150 e. The van der Waals surface area contributed by atoms with Crippen molar-refractivity contribution in [1.82, 2.24) is 9.97 Å². The molecule has 0 bridgehead atoms. The minimum absolute atomic E-state index is 0.129. The molecule has 0 radical (unpaired) electrons. The summed E-state index contributed by atoms with van der Waals surface area (Å²) in [5.74, 6) is 1.03. The molecule has 0 saturated carbocycles. The fourth-order valence-corrected chi connectivity index (χ4v) is 1.45. The minimum atomic E-state index is -0.426. The average Bonchev–Trinajstić information content (AvgIpc) is 2.69. The van der Waals surface area contributed by atoms with Gasteiger partial charge in [0.25, 0.3) is 0 Å². The first-order valence-electron chi connectivity index (χ1n) is 5.76. The molecule has 90 valence electrons. The highest BCUT2D eigenvalue weighted by atomic mass is 16.1. The van der Waals surface area contributed by atoms with Gasteiger partial charge < -0.3 is 10.7 Å². The Kier molecular flexibility index (Phi) is 4.68. The molecule has 0 saturated heterocycles. The fraction of sp³-hybridized carbons (Fsp3) is 0.667. The van der Waals surface area contributed by atoms with E-state index in [1.54, 1.807) is 12.5 Å². The second-order valence-electron chi connectivity index (χ2n) is 4.76. The SMILES string of the molecule is CC(C)C(C)CC(=O)[C@@H](N)Cc1c[nH]cn1. The molecule has 3 N–H and O–H groups in total. The van der Waals surface area contributed by atoms with Crippen LogP contribution in [0.4, 0.5) is 0 Å². The number of hydrogen-bond donors (Lipinski definition) is 2. The van der Waals surface area contributed by atoms with Crippen LogP contribution in [0.2, 0.25) is 0 Å². The molecule has 1 unspecified atom stereocenters. The van der Waals surface area contributed by atoms with Crippen LogP contribution in [0.1, 0.15) is 32.9 Å². The van der Waals surface area contributed by atoms with Crippen LogP contribution in [0.15, 0.2) is 12.5 Å². The number of H-pyrrole nitrogens is 1. The van der Waals surface area contributed by atoms with Crippen LogP contribution < -0.4 is 5.73 Å². The molecule has 16 heavy (non-hydrogen) atoms. The molecule has 0 aliphatic rings. The highest BCUT2D eigenvalue weighted by Crippen LogP contribution is 2.15. The van der Waals surface area contributed by atoms with Gasteiger partial charge in [-0.05, 0) is 11.8 Å². The number of carbonyl (C=O) groups is 1. The third-order valence-electron chi connectivity index (χ3n) is 3.06. The highest BCUT2D eigenvalue weighted by Gasteiger charge is 2.19. The van der Waals surface area contributed by atoms with Gasteiger partial charge in [0.2, 0.25) is 0 Å². The lowest BCUT2D eigenvalue weighted by Crippen LogP contribution is -2.34. The summed E-state index contributed by atoms with van der Waals surface area (Å²) >= 11 is 0. The lowest BCUT2D eigenvalue weighted by Gasteiger charge is -2.16. The molecule has 0 amide bonds. The maximum absolute atomic E-state index is 11.8. The van der Waals surface area contributed by atoms with Gasteiger partial charge in [-0.1, -0.05) is 20.8 Å². The Morgan fingerprint density at radius 3 is 2.69 bits per heavy atom. The van der Waals surface area contributed by atoms with Crippen molar-refractivity contribution in [1.29, 1.82) is 0 Å². The molecule has 0 aliphatic heterocycles. The number of nitrogens with one attached hydrogen (secondary N) is 1. The smallest absolute Gasteiger partial charge is 0.150 e. The summed E-state index contributed by atoms with van der Waals surface area (Å²) in [7, 11) is 0. The van der Waals surface area contributed by atoms with E-state index in [0.717, 1.165) is 5.69 Å². The lowest BCUT2D eigenvalue weighted by atomic mass is 9.90. The van der Waals surface area contributed by atoms with E-state index in [4.69, 9.17) is 5.73 Å². The van der Waals surface area contributed by atoms with E-state index in [0.29, 0.717) is 24.7 Å². The third-order valence-corrected chi connectivity index (χ3v) is 3.06. The summed E-state index contributed by atoms with van der Waals surface area (Å²) in [5.41, 5.74) is 6.70. The monoisotopic (exact) mass is 223 g/mol. The number of hydrogen-bond acceptors (Lipinski definition) is 3. The summed E-state index contributed by atoms with van der Waals surface area (Å²) < 4.78 is 0. The van der Waals surface area contributed by atoms with E-state index in [-0.39, 0.29) is 5.78 Å². The summed E-state index contributed by atoms with van der Waals surface area (Å²) in [6, 6.07) is -0.426. The summed E-state index contributed by atoms with van der Waals surface area (Å²) in [4.78, 5) is 18.7. The van der Waals surface area contributed by atoms with Crippen molar-refractivity contribution >= 4 is 5.78 Å². The van der Waals surface area contributed by atoms with Gasteiger partial charge in [-0.15, -0.1) is 0 Å². The Morgan fingerprint density at radius 2 is 2.19 bits per heavy atom. The van der Waals surface area contributed by atoms with Crippen molar-refractivity contribution in [2.75, 3.05) is 0 Å². The Hall–Kier alpha value is -1.16. The molecule has 2 atom stereocenters. The van der Waals surface area contributed by atoms with Crippen LogP contribution in [-0.2, 0) is 11.2 Å². The first-order chi connectivity index (χ1) is 7.50. The first kappa shape index (κ1) is 12.9. The molecule has 1 heterocycles. The van der Waals surface area contributed by atoms with Crippen molar-refractivity contribution in [3.63, 3.8) is 0 Å². The van der Waals surface area contributed by atoms with Crippen molar-refractivity contribution in [3.8, 4) is 0 Å². The van der Waals surface area contributed by atoms with Gasteiger partial charge in [0.05, 0.1) is 18.1 Å². The van der Waals surface area contributed by atoms with Crippen LogP contribution in [0.3, 0.4) is 0 Å². The molecule has 1 aromatic rings. The minimum Gasteiger partial charge on any atom is -0.351 e. The number of nitrogens with zero attached hydrogens (tertiary/aromatic N) is 1. The highest BCUT2D eigenvalue weighted by molar-refractivity contribution is 5.84. The van der Waals surface area contributed by atoms with Crippen LogP contribution >= 0.6 is 0 Å². The first-order valence-corrected chi connectivity index (χ1v) is 5.76. The lowest BCUT2D eigenvalue weighted by molar-refractivity contribution is -0.121. The fourth-order valence-electron chi connectivity index (χ4n) is 1.45. The summed E-state index contributed by atoms with van der Waals surface area (Å²) in [6.07, 6.45) is 4.46. The van der Waals surface area contributed by atoms with Gasteiger partial charge in [0, 0.05) is 19.0 Å². The number of nitrogens with two attached hydrogens (primary N) is 1. The quantitative estimate of drug-likeness (QED) is 0.768. The molecule has 0 aliphatic carbocycles. The molecule has 1 rings (SSSR count). The molecular weight excluding hydrogens is 202 g/mol. The third kappa shape index (κ3) is 3.77. The molecule has 4 heteroatoms. The summed E-state index contributed by atoms with van der Waals surface area (Å²) in [5, 5.41) is 0. The van der Waals surface area contributed by atoms with Gasteiger partial charge in [-0.2, -0.15) is 0 Å². The van der Waals surface area contributed by atoms with E-state index in [2.05, 4.69) is 30.7 Å². The Balaban J connectivity index is 2.42. The molecule has 0 aromatic carbocycles. The molecular formula is C12H21N3O. The van der Waals surface area contributed by atoms with E-state index < -0.39 is 6.04 Å². The normalized spacial score (nSPS) is 15.1. The second-order valence-corrected chi connectivity index (χ2v) is 4.76. The predicted molar refractivity (Wildman–Crippen MR) is 63.9 cm³/mol. The van der Waals surface area contributed by atoms with Crippen molar-refractivity contribution in [2.24, 2.45) is 17.6 Å². The number of imidazole rings is 1. The Morgan fingerprint density at radius 1 is 1.50 bits per heavy atom. The molecule has 0 fully saturated rings. The van der Waals surface area contributed by atoms with Gasteiger partial charge in [0.15, 0.2) is 0 Å². The molecule has 1 aromatic heterocycles. The zero-order valence-corrected chi connectivity index (χ0v) is 10.2. The van der Waals surface area contributed by atoms with Crippen LogP contribution in [0, 0.1) is 11.8 Å². The van der Waals surface area contributed by atoms with Crippen LogP contribution in [-0.4, -0.2) is 21.8 Å². The zero-order valence-electron chi connectivity index (χ0n) is 10.2. The number of ketones is 1. The van der Waals surface area contributed by atoms with Crippen LogP contribution in [0.5, 0.6) is 0 Å². The second kappa shape index (κ2) is 5.80. The zero-order chi connectivity index (χ0) is 12.1. The van der Waals surface area contributed by atoms with Gasteiger partial charge in [-0.25, -0.2) is 4.98 Å². The van der Waals surface area contributed by atoms with E-state index in [1.165, 1.54) is 0 Å².